The van der Waals surface area contributed by atoms with E-state index in [9.17, 15) is 9.59 Å². The predicted molar refractivity (Wildman–Crippen MR) is 87.4 cm³/mol. The van der Waals surface area contributed by atoms with Gasteiger partial charge in [0, 0.05) is 11.0 Å². The van der Waals surface area contributed by atoms with Crippen molar-refractivity contribution in [1.29, 1.82) is 0 Å². The molecule has 0 saturated carbocycles. The average molecular weight is 359 g/mol. The van der Waals surface area contributed by atoms with E-state index in [0.29, 0.717) is 17.7 Å². The lowest BCUT2D eigenvalue weighted by molar-refractivity contribution is 0.0559. The Morgan fingerprint density at radius 3 is 2.05 bits per heavy atom. The number of imide groups is 1. The van der Waals surface area contributed by atoms with E-state index in [-0.39, 0.29) is 18.5 Å². The molecule has 4 nitrogen and oxygen atoms in total. The summed E-state index contributed by atoms with van der Waals surface area (Å²) < 4.78 is 1.03. The molecule has 0 bridgehead atoms. The molecule has 0 aromatic heterocycles. The maximum Gasteiger partial charge on any atom is 0.262 e. The van der Waals surface area contributed by atoms with Gasteiger partial charge in [0.25, 0.3) is 11.8 Å². The van der Waals surface area contributed by atoms with Crippen LogP contribution in [0.3, 0.4) is 0 Å². The standard InChI is InChI=1S/C17H15BrN2O2/c1-19(10-12-6-8-13(18)9-7-12)11-20-16(21)14-4-2-3-5-15(14)17(20)22/h2-9H,10-11H2,1H3. The van der Waals surface area contributed by atoms with Crippen LogP contribution in [0.5, 0.6) is 0 Å². The number of nitrogens with zero attached hydrogens (tertiary/aromatic N) is 2. The number of carbonyl (C=O) groups excluding carboxylic acids is 2. The third-order valence-electron chi connectivity index (χ3n) is 3.63. The molecule has 0 saturated heterocycles. The molecule has 112 valence electrons. The van der Waals surface area contributed by atoms with Crippen LogP contribution >= 0.6 is 15.9 Å². The van der Waals surface area contributed by atoms with Crippen LogP contribution in [0, 0.1) is 0 Å². The highest BCUT2D eigenvalue weighted by Crippen LogP contribution is 2.22. The molecule has 0 fully saturated rings. The Kier molecular flexibility index (Phi) is 4.09. The van der Waals surface area contributed by atoms with Gasteiger partial charge in [-0.2, -0.15) is 0 Å². The van der Waals surface area contributed by atoms with Crippen molar-refractivity contribution in [3.05, 3.63) is 69.7 Å². The highest BCUT2D eigenvalue weighted by atomic mass is 79.9. The summed E-state index contributed by atoms with van der Waals surface area (Å²) in [5, 5.41) is 0. The van der Waals surface area contributed by atoms with Crippen molar-refractivity contribution < 1.29 is 9.59 Å². The lowest BCUT2D eigenvalue weighted by Gasteiger charge is -2.22. The summed E-state index contributed by atoms with van der Waals surface area (Å²) in [5.41, 5.74) is 2.11. The van der Waals surface area contributed by atoms with Crippen molar-refractivity contribution in [3.8, 4) is 0 Å². The molecule has 22 heavy (non-hydrogen) atoms. The Balaban J connectivity index is 1.70. The van der Waals surface area contributed by atoms with E-state index in [4.69, 9.17) is 0 Å². The predicted octanol–water partition coefficient (Wildman–Crippen LogP) is 3.13. The largest absolute Gasteiger partial charge is 0.284 e. The number of fused-ring (bicyclic) bond motifs is 1. The van der Waals surface area contributed by atoms with E-state index in [2.05, 4.69) is 15.9 Å². The van der Waals surface area contributed by atoms with Gasteiger partial charge < -0.3 is 0 Å². The topological polar surface area (TPSA) is 40.6 Å². The molecule has 2 amide bonds. The Morgan fingerprint density at radius 2 is 1.50 bits per heavy atom. The Hall–Kier alpha value is -1.98. The van der Waals surface area contributed by atoms with E-state index in [1.165, 1.54) is 4.90 Å². The van der Waals surface area contributed by atoms with E-state index in [1.807, 2.05) is 36.2 Å². The molecule has 5 heteroatoms. The fraction of sp³-hybridized carbons (Fsp3) is 0.176. The smallest absolute Gasteiger partial charge is 0.262 e. The van der Waals surface area contributed by atoms with Gasteiger partial charge in [0.05, 0.1) is 17.8 Å². The van der Waals surface area contributed by atoms with Gasteiger partial charge in [-0.1, -0.05) is 40.2 Å². The van der Waals surface area contributed by atoms with E-state index >= 15 is 0 Å². The number of hydrogen-bond donors (Lipinski definition) is 0. The highest BCUT2D eigenvalue weighted by molar-refractivity contribution is 9.10. The van der Waals surface area contributed by atoms with Crippen molar-refractivity contribution in [2.45, 2.75) is 6.54 Å². The first-order valence-corrected chi connectivity index (χ1v) is 7.74. The summed E-state index contributed by atoms with van der Waals surface area (Å²) in [6.45, 7) is 0.948. The van der Waals surface area contributed by atoms with E-state index in [1.54, 1.807) is 24.3 Å². The minimum absolute atomic E-state index is 0.219. The van der Waals surface area contributed by atoms with Gasteiger partial charge in [-0.25, -0.2) is 0 Å². The Labute approximate surface area is 137 Å². The van der Waals surface area contributed by atoms with Crippen LogP contribution in [-0.4, -0.2) is 35.3 Å². The van der Waals surface area contributed by atoms with Gasteiger partial charge in [0.1, 0.15) is 0 Å². The summed E-state index contributed by atoms with van der Waals surface area (Å²) in [6.07, 6.45) is 0. The number of carbonyl (C=O) groups is 2. The molecule has 0 atom stereocenters. The van der Waals surface area contributed by atoms with Crippen LogP contribution in [0.2, 0.25) is 0 Å². The van der Waals surface area contributed by atoms with Crippen LogP contribution in [0.15, 0.2) is 53.0 Å². The summed E-state index contributed by atoms with van der Waals surface area (Å²) in [4.78, 5) is 27.9. The second-order valence-corrected chi connectivity index (χ2v) is 6.28. The Morgan fingerprint density at radius 1 is 0.955 bits per heavy atom. The maximum absolute atomic E-state index is 12.3. The van der Waals surface area contributed by atoms with Crippen LogP contribution in [-0.2, 0) is 6.54 Å². The molecule has 0 radical (unpaired) electrons. The zero-order valence-electron chi connectivity index (χ0n) is 12.1. The normalized spacial score (nSPS) is 13.9. The third-order valence-corrected chi connectivity index (χ3v) is 4.16. The molecule has 2 aromatic rings. The molecule has 0 aliphatic carbocycles. The van der Waals surface area contributed by atoms with Gasteiger partial charge >= 0.3 is 0 Å². The second-order valence-electron chi connectivity index (χ2n) is 5.37. The minimum atomic E-state index is -0.219. The van der Waals surface area contributed by atoms with Crippen molar-refractivity contribution in [2.75, 3.05) is 13.7 Å². The fourth-order valence-corrected chi connectivity index (χ4v) is 2.82. The van der Waals surface area contributed by atoms with Crippen molar-refractivity contribution in [2.24, 2.45) is 0 Å². The van der Waals surface area contributed by atoms with Gasteiger partial charge in [-0.05, 0) is 36.9 Å². The summed E-state index contributed by atoms with van der Waals surface area (Å²) >= 11 is 3.40. The molecule has 0 unspecified atom stereocenters. The summed E-state index contributed by atoms with van der Waals surface area (Å²) in [5.74, 6) is -0.438. The Bertz CT molecular complexity index is 693. The SMILES string of the molecule is CN(Cc1ccc(Br)cc1)CN1C(=O)c2ccccc2C1=O. The van der Waals surface area contributed by atoms with Gasteiger partial charge in [0.15, 0.2) is 0 Å². The number of benzene rings is 2. The molecular formula is C17H15BrN2O2. The fourth-order valence-electron chi connectivity index (χ4n) is 2.56. The molecular weight excluding hydrogens is 344 g/mol. The highest BCUT2D eigenvalue weighted by Gasteiger charge is 2.35. The summed E-state index contributed by atoms with van der Waals surface area (Å²) in [7, 11) is 1.89. The zero-order valence-corrected chi connectivity index (χ0v) is 13.7. The first kappa shape index (κ1) is 14.9. The van der Waals surface area contributed by atoms with E-state index in [0.717, 1.165) is 10.0 Å². The lowest BCUT2D eigenvalue weighted by Crippen LogP contribution is -2.39. The number of hydrogen-bond acceptors (Lipinski definition) is 3. The molecule has 1 aliphatic rings. The summed E-state index contributed by atoms with van der Waals surface area (Å²) in [6, 6.07) is 14.9. The third kappa shape index (κ3) is 2.82. The first-order valence-electron chi connectivity index (χ1n) is 6.94. The molecule has 0 N–H and O–H groups in total. The van der Waals surface area contributed by atoms with Gasteiger partial charge in [-0.15, -0.1) is 0 Å². The minimum Gasteiger partial charge on any atom is -0.284 e. The first-order chi connectivity index (χ1) is 10.6. The maximum atomic E-state index is 12.3. The average Bonchev–Trinajstić information content (AvgIpc) is 2.75. The number of amides is 2. The van der Waals surface area contributed by atoms with Crippen LogP contribution in [0.25, 0.3) is 0 Å². The quantitative estimate of drug-likeness (QED) is 0.788. The van der Waals surface area contributed by atoms with E-state index < -0.39 is 0 Å². The molecule has 0 spiro atoms. The lowest BCUT2D eigenvalue weighted by atomic mass is 10.1. The molecule has 3 rings (SSSR count). The molecule has 1 aliphatic heterocycles. The number of halogens is 1. The van der Waals surface area contributed by atoms with Crippen molar-refractivity contribution in [3.63, 3.8) is 0 Å². The van der Waals surface area contributed by atoms with Crippen LogP contribution in [0.1, 0.15) is 26.3 Å². The van der Waals surface area contributed by atoms with Gasteiger partial charge in [0.2, 0.25) is 0 Å². The zero-order chi connectivity index (χ0) is 15.7. The monoisotopic (exact) mass is 358 g/mol. The molecule has 2 aromatic carbocycles. The number of rotatable bonds is 4. The second kappa shape index (κ2) is 6.02. The van der Waals surface area contributed by atoms with Crippen molar-refractivity contribution in [1.82, 2.24) is 9.80 Å². The van der Waals surface area contributed by atoms with Crippen LogP contribution in [0.4, 0.5) is 0 Å². The molecule has 1 heterocycles. The van der Waals surface area contributed by atoms with Gasteiger partial charge in [-0.3, -0.25) is 19.4 Å². The van der Waals surface area contributed by atoms with Crippen molar-refractivity contribution >= 4 is 27.7 Å². The van der Waals surface area contributed by atoms with Crippen LogP contribution < -0.4 is 0 Å².